The molecule has 9 nitrogen and oxygen atoms in total. The minimum absolute atomic E-state index is 0.122. The molecule has 0 saturated heterocycles. The molecule has 0 radical (unpaired) electrons. The maximum absolute atomic E-state index is 13.5. The molecule has 1 fully saturated rings. The molecule has 1 aliphatic carbocycles. The second-order valence-electron chi connectivity index (χ2n) is 7.43. The maximum Gasteiger partial charge on any atom is 0.304 e. The largest absolute Gasteiger partial charge is 0.481 e. The fourth-order valence-electron chi connectivity index (χ4n) is 3.86. The summed E-state index contributed by atoms with van der Waals surface area (Å²) in [4.78, 5) is 23.6. The number of nitrogens with zero attached hydrogens (tertiary/aromatic N) is 1. The smallest absolute Gasteiger partial charge is 0.304 e. The number of hydrogen-bond acceptors (Lipinski definition) is 6. The minimum atomic E-state index is -4.26. The fraction of sp³-hybridized carbons (Fsp3) is 0.333. The summed E-state index contributed by atoms with van der Waals surface area (Å²) in [6, 6.07) is 12.2. The number of carbonyl (C=O) groups is 2. The standard InChI is InChI=1S/C21H23ClN2O7S/c22-15-3-5-16(6-4-15)31-17-7-9-18(10-8-17)32(29,30)24(14-11-19(25)26)21(20(27)23-28)12-1-2-13-21/h3-10,28H,1-2,11-14H2,(H,23,27)(H,25,26). The summed E-state index contributed by atoms with van der Waals surface area (Å²) >= 11 is 5.85. The third-order valence-corrected chi connectivity index (χ3v) is 7.65. The number of sulfonamides is 1. The SMILES string of the molecule is O=C(O)CCN(C1(C(=O)NO)CCCC1)S(=O)(=O)c1ccc(Oc2ccc(Cl)cc2)cc1. The molecule has 2 aromatic carbocycles. The van der Waals surface area contributed by atoms with Crippen LogP contribution < -0.4 is 10.2 Å². The molecule has 3 N–H and O–H groups in total. The Hall–Kier alpha value is -2.66. The third-order valence-electron chi connectivity index (χ3n) is 5.42. The summed E-state index contributed by atoms with van der Waals surface area (Å²) in [7, 11) is -4.26. The van der Waals surface area contributed by atoms with Gasteiger partial charge in [0.15, 0.2) is 0 Å². The van der Waals surface area contributed by atoms with Crippen molar-refractivity contribution in [3.63, 3.8) is 0 Å². The number of amides is 1. The molecule has 1 aliphatic rings. The fourth-order valence-corrected chi connectivity index (χ4v) is 5.78. The van der Waals surface area contributed by atoms with E-state index in [0.29, 0.717) is 29.4 Å². The van der Waals surface area contributed by atoms with E-state index in [9.17, 15) is 23.2 Å². The molecule has 0 spiro atoms. The number of halogens is 1. The van der Waals surface area contributed by atoms with Crippen LogP contribution in [-0.2, 0) is 19.6 Å². The highest BCUT2D eigenvalue weighted by molar-refractivity contribution is 7.89. The van der Waals surface area contributed by atoms with E-state index in [4.69, 9.17) is 21.4 Å². The van der Waals surface area contributed by atoms with Crippen LogP contribution in [0.5, 0.6) is 11.5 Å². The lowest BCUT2D eigenvalue weighted by molar-refractivity contribution is -0.141. The molecule has 1 saturated carbocycles. The van der Waals surface area contributed by atoms with Crippen LogP contribution in [0.15, 0.2) is 53.4 Å². The van der Waals surface area contributed by atoms with E-state index in [0.717, 1.165) is 4.31 Å². The average Bonchev–Trinajstić information content (AvgIpc) is 3.25. The molecule has 0 unspecified atom stereocenters. The Morgan fingerprint density at radius 2 is 1.56 bits per heavy atom. The maximum atomic E-state index is 13.5. The Labute approximate surface area is 190 Å². The molecule has 2 aromatic rings. The van der Waals surface area contributed by atoms with Crippen LogP contribution in [0.3, 0.4) is 0 Å². The highest BCUT2D eigenvalue weighted by atomic mass is 35.5. The van der Waals surface area contributed by atoms with Crippen LogP contribution >= 0.6 is 11.6 Å². The zero-order valence-corrected chi connectivity index (χ0v) is 18.6. The number of nitrogens with one attached hydrogen (secondary N) is 1. The van der Waals surface area contributed by atoms with Crippen molar-refractivity contribution >= 4 is 33.5 Å². The summed E-state index contributed by atoms with van der Waals surface area (Å²) in [6.07, 6.45) is 1.00. The normalized spacial score (nSPS) is 15.5. The zero-order chi connectivity index (χ0) is 23.4. The predicted octanol–water partition coefficient (Wildman–Crippen LogP) is 3.42. The first-order chi connectivity index (χ1) is 15.2. The van der Waals surface area contributed by atoms with Crippen molar-refractivity contribution in [1.29, 1.82) is 0 Å². The Kier molecular flexibility index (Phi) is 7.40. The van der Waals surface area contributed by atoms with Gasteiger partial charge in [0.1, 0.15) is 17.0 Å². The van der Waals surface area contributed by atoms with Gasteiger partial charge in [-0.25, -0.2) is 13.9 Å². The monoisotopic (exact) mass is 482 g/mol. The Balaban J connectivity index is 1.92. The Morgan fingerprint density at radius 1 is 1.03 bits per heavy atom. The Morgan fingerprint density at radius 3 is 2.06 bits per heavy atom. The molecule has 0 heterocycles. The van der Waals surface area contributed by atoms with Gasteiger partial charge in [0, 0.05) is 11.6 Å². The van der Waals surface area contributed by atoms with E-state index in [1.54, 1.807) is 29.7 Å². The molecule has 172 valence electrons. The molecule has 0 bridgehead atoms. The summed E-state index contributed by atoms with van der Waals surface area (Å²) in [6.45, 7) is -0.409. The highest BCUT2D eigenvalue weighted by Crippen LogP contribution is 2.39. The van der Waals surface area contributed by atoms with Gasteiger partial charge < -0.3 is 9.84 Å². The number of carboxylic acid groups (broad SMARTS) is 1. The van der Waals surface area contributed by atoms with Gasteiger partial charge in [-0.2, -0.15) is 4.31 Å². The number of ether oxygens (including phenoxy) is 1. The van der Waals surface area contributed by atoms with Crippen LogP contribution in [0.1, 0.15) is 32.1 Å². The van der Waals surface area contributed by atoms with Gasteiger partial charge in [-0.3, -0.25) is 14.8 Å². The minimum Gasteiger partial charge on any atom is -0.481 e. The van der Waals surface area contributed by atoms with Gasteiger partial charge in [0.25, 0.3) is 5.91 Å². The van der Waals surface area contributed by atoms with Crippen molar-refractivity contribution in [2.45, 2.75) is 42.5 Å². The predicted molar refractivity (Wildman–Crippen MR) is 115 cm³/mol. The quantitative estimate of drug-likeness (QED) is 0.368. The highest BCUT2D eigenvalue weighted by Gasteiger charge is 2.51. The van der Waals surface area contributed by atoms with E-state index in [2.05, 4.69) is 0 Å². The van der Waals surface area contributed by atoms with E-state index in [-0.39, 0.29) is 17.7 Å². The molecule has 0 atom stereocenters. The second-order valence-corrected chi connectivity index (χ2v) is 9.73. The van der Waals surface area contributed by atoms with Crippen molar-refractivity contribution in [1.82, 2.24) is 9.79 Å². The van der Waals surface area contributed by atoms with E-state index >= 15 is 0 Å². The lowest BCUT2D eigenvalue weighted by atomic mass is 9.96. The van der Waals surface area contributed by atoms with Gasteiger partial charge in [-0.15, -0.1) is 0 Å². The van der Waals surface area contributed by atoms with Gasteiger partial charge in [-0.1, -0.05) is 24.4 Å². The number of hydroxylamine groups is 1. The molecule has 11 heteroatoms. The van der Waals surface area contributed by atoms with Gasteiger partial charge in [0.2, 0.25) is 10.0 Å². The van der Waals surface area contributed by atoms with Gasteiger partial charge in [-0.05, 0) is 61.4 Å². The van der Waals surface area contributed by atoms with Gasteiger partial charge in [0.05, 0.1) is 11.3 Å². The van der Waals surface area contributed by atoms with E-state index in [1.165, 1.54) is 24.3 Å². The number of aliphatic carboxylic acids is 1. The third kappa shape index (κ3) is 5.04. The lowest BCUT2D eigenvalue weighted by Gasteiger charge is -2.38. The summed E-state index contributed by atoms with van der Waals surface area (Å²) in [5.74, 6) is -1.18. The van der Waals surface area contributed by atoms with E-state index < -0.39 is 40.4 Å². The first-order valence-corrected chi connectivity index (χ1v) is 11.7. The Bertz CT molecular complexity index is 1070. The van der Waals surface area contributed by atoms with Crippen LogP contribution in [0.25, 0.3) is 0 Å². The molecule has 3 rings (SSSR count). The van der Waals surface area contributed by atoms with Crippen LogP contribution in [0, 0.1) is 0 Å². The molecule has 0 aliphatic heterocycles. The number of hydrogen-bond donors (Lipinski definition) is 3. The molecular formula is C21H23ClN2O7S. The number of carboxylic acids is 1. The number of benzene rings is 2. The first kappa shape index (κ1) is 24.0. The van der Waals surface area contributed by atoms with Crippen molar-refractivity contribution < 1.29 is 33.1 Å². The van der Waals surface area contributed by atoms with Crippen LogP contribution in [-0.4, -0.2) is 47.0 Å². The molecule has 1 amide bonds. The second kappa shape index (κ2) is 9.86. The summed E-state index contributed by atoms with van der Waals surface area (Å²) < 4.78 is 33.5. The van der Waals surface area contributed by atoms with Gasteiger partial charge >= 0.3 is 5.97 Å². The first-order valence-electron chi connectivity index (χ1n) is 9.92. The molecule has 0 aromatic heterocycles. The topological polar surface area (TPSA) is 133 Å². The zero-order valence-electron chi connectivity index (χ0n) is 17.0. The van der Waals surface area contributed by atoms with Crippen LogP contribution in [0.4, 0.5) is 0 Å². The van der Waals surface area contributed by atoms with Crippen molar-refractivity contribution in [3.8, 4) is 11.5 Å². The van der Waals surface area contributed by atoms with E-state index in [1.807, 2.05) is 0 Å². The number of rotatable bonds is 9. The van der Waals surface area contributed by atoms with Crippen LogP contribution in [0.2, 0.25) is 5.02 Å². The lowest BCUT2D eigenvalue weighted by Crippen LogP contribution is -2.59. The van der Waals surface area contributed by atoms with Crippen molar-refractivity contribution in [3.05, 3.63) is 53.6 Å². The number of carbonyl (C=O) groups excluding carboxylic acids is 1. The van der Waals surface area contributed by atoms with Crippen molar-refractivity contribution in [2.75, 3.05) is 6.54 Å². The van der Waals surface area contributed by atoms with Crippen molar-refractivity contribution in [2.24, 2.45) is 0 Å². The summed E-state index contributed by atoms with van der Waals surface area (Å²) in [5, 5.41) is 18.9. The molecular weight excluding hydrogens is 460 g/mol. The molecule has 32 heavy (non-hydrogen) atoms. The summed E-state index contributed by atoms with van der Waals surface area (Å²) in [5.41, 5.74) is 0.00384. The average molecular weight is 483 g/mol.